The first-order chi connectivity index (χ1) is 26.5. The van der Waals surface area contributed by atoms with E-state index in [0.29, 0.717) is 39.3 Å². The molecule has 2 saturated heterocycles. The summed E-state index contributed by atoms with van der Waals surface area (Å²) in [6.45, 7) is 10.1. The number of rotatable bonds is 18. The van der Waals surface area contributed by atoms with Gasteiger partial charge >= 0.3 is 11.9 Å². The first kappa shape index (κ1) is 38.4. The zero-order valence-electron chi connectivity index (χ0n) is 31.2. The Morgan fingerprint density at radius 3 is 1.42 bits per heavy atom. The fourth-order valence-corrected chi connectivity index (χ4v) is 6.50. The van der Waals surface area contributed by atoms with Crippen LogP contribution >= 0.6 is 0 Å². The van der Waals surface area contributed by atoms with Gasteiger partial charge in [0.2, 0.25) is 0 Å². The van der Waals surface area contributed by atoms with Gasteiger partial charge in [0.1, 0.15) is 46.8 Å². The third-order valence-electron chi connectivity index (χ3n) is 9.69. The summed E-state index contributed by atoms with van der Waals surface area (Å²) in [4.78, 5) is 26.3. The summed E-state index contributed by atoms with van der Waals surface area (Å²) in [5.74, 6) is -2.33. The zero-order chi connectivity index (χ0) is 38.7. The van der Waals surface area contributed by atoms with Gasteiger partial charge in [0.25, 0.3) is 0 Å². The molecule has 2 fully saturated rings. The van der Waals surface area contributed by atoms with E-state index in [1.54, 1.807) is 24.3 Å². The molecular weight excluding hydrogens is 714 g/mol. The van der Waals surface area contributed by atoms with Crippen molar-refractivity contribution >= 4 is 11.9 Å². The molecule has 3 aliphatic rings. The van der Waals surface area contributed by atoms with Crippen LogP contribution in [0.3, 0.4) is 0 Å². The van der Waals surface area contributed by atoms with E-state index in [0.717, 1.165) is 47.2 Å². The highest BCUT2D eigenvalue weighted by molar-refractivity contribution is 5.93. The van der Waals surface area contributed by atoms with Crippen molar-refractivity contribution < 1.29 is 56.3 Å². The minimum Gasteiger partial charge on any atom is -0.465 e. The Kier molecular flexibility index (Phi) is 11.5. The number of epoxide rings is 2. The number of hydrogen-bond acceptors (Lipinski definition) is 10. The lowest BCUT2D eigenvalue weighted by Crippen LogP contribution is -2.23. The summed E-state index contributed by atoms with van der Waals surface area (Å²) in [6, 6.07) is 18.4. The Bertz CT molecular complexity index is 1900. The topological polar surface area (TPSA) is 115 Å². The van der Waals surface area contributed by atoms with E-state index < -0.39 is 41.6 Å². The fraction of sp³-hybridized carbons (Fsp3) is 0.395. The standard InChI is InChI=1S/C43H44F2O10/c1-5-7-39(50-23-29-21-48-29)52-27-11-15-33(37(44)19-27)41(46)54-25-9-13-31-32-14-10-26(18-36(32)43(3,4)35(31)17-25)55-42(47)34-16-12-28(20-38(34)45)53-40(8-6-2)51-24-30-22-49-30/h9-20,29-30,39-40H,5-8,21-24H2,1-4H3. The Labute approximate surface area is 318 Å². The molecule has 0 radical (unpaired) electrons. The summed E-state index contributed by atoms with van der Waals surface area (Å²) in [6.07, 6.45) is 1.85. The predicted molar refractivity (Wildman–Crippen MR) is 197 cm³/mol. The van der Waals surface area contributed by atoms with Gasteiger partial charge in [-0.2, -0.15) is 0 Å². The lowest BCUT2D eigenvalue weighted by atomic mass is 9.82. The molecule has 4 aromatic rings. The van der Waals surface area contributed by atoms with Gasteiger partial charge in [0.05, 0.1) is 37.6 Å². The summed E-state index contributed by atoms with van der Waals surface area (Å²) in [5, 5.41) is 0. The summed E-state index contributed by atoms with van der Waals surface area (Å²) in [7, 11) is 0. The van der Waals surface area contributed by atoms with Crippen LogP contribution in [0.5, 0.6) is 23.0 Å². The maximum atomic E-state index is 15.2. The maximum Gasteiger partial charge on any atom is 0.346 e. The fourth-order valence-electron chi connectivity index (χ4n) is 6.50. The average molecular weight is 759 g/mol. The van der Waals surface area contributed by atoms with Crippen LogP contribution in [0.15, 0.2) is 72.8 Å². The Hall–Kier alpha value is -4.88. The Morgan fingerprint density at radius 1 is 0.655 bits per heavy atom. The molecule has 7 rings (SSSR count). The number of hydrogen-bond donors (Lipinski definition) is 0. The van der Waals surface area contributed by atoms with Crippen LogP contribution < -0.4 is 18.9 Å². The normalized spacial score (nSPS) is 18.4. The van der Waals surface area contributed by atoms with Crippen molar-refractivity contribution in [2.75, 3.05) is 26.4 Å². The van der Waals surface area contributed by atoms with Gasteiger partial charge in [-0.3, -0.25) is 0 Å². The molecule has 4 unspecified atom stereocenters. The first-order valence-electron chi connectivity index (χ1n) is 18.6. The number of fused-ring (bicyclic) bond motifs is 3. The van der Waals surface area contributed by atoms with Gasteiger partial charge in [-0.15, -0.1) is 0 Å². The second-order valence-electron chi connectivity index (χ2n) is 14.4. The smallest absolute Gasteiger partial charge is 0.346 e. The molecule has 55 heavy (non-hydrogen) atoms. The van der Waals surface area contributed by atoms with E-state index in [9.17, 15) is 9.59 Å². The third kappa shape index (κ3) is 9.16. The number of carbonyl (C=O) groups excluding carboxylic acids is 2. The minimum absolute atomic E-state index is 0.0688. The quantitative estimate of drug-likeness (QED) is 0.0423. The molecule has 290 valence electrons. The first-order valence-corrected chi connectivity index (χ1v) is 18.6. The zero-order valence-corrected chi connectivity index (χ0v) is 31.2. The van der Waals surface area contributed by atoms with E-state index in [1.165, 1.54) is 24.3 Å². The molecule has 4 aromatic carbocycles. The van der Waals surface area contributed by atoms with Crippen molar-refractivity contribution in [3.05, 3.63) is 107 Å². The highest BCUT2D eigenvalue weighted by atomic mass is 19.1. The molecule has 0 bridgehead atoms. The highest BCUT2D eigenvalue weighted by Crippen LogP contribution is 2.50. The largest absolute Gasteiger partial charge is 0.465 e. The monoisotopic (exact) mass is 758 g/mol. The average Bonchev–Trinajstić information content (AvgIpc) is 4.09. The Morgan fingerprint density at radius 2 is 1.05 bits per heavy atom. The van der Waals surface area contributed by atoms with Gasteiger partial charge in [0.15, 0.2) is 12.6 Å². The summed E-state index contributed by atoms with van der Waals surface area (Å²) < 4.78 is 75.2. The molecule has 0 N–H and O–H groups in total. The lowest BCUT2D eigenvalue weighted by molar-refractivity contribution is -0.0888. The number of carbonyl (C=O) groups is 2. The van der Waals surface area contributed by atoms with Crippen LogP contribution in [0.25, 0.3) is 11.1 Å². The van der Waals surface area contributed by atoms with Gasteiger partial charge in [-0.25, -0.2) is 18.4 Å². The van der Waals surface area contributed by atoms with Crippen molar-refractivity contribution in [3.63, 3.8) is 0 Å². The summed E-state index contributed by atoms with van der Waals surface area (Å²) in [5.41, 5.74) is 2.43. The van der Waals surface area contributed by atoms with Crippen molar-refractivity contribution in [1.82, 2.24) is 0 Å². The summed E-state index contributed by atoms with van der Waals surface area (Å²) >= 11 is 0. The number of benzene rings is 4. The lowest BCUT2D eigenvalue weighted by Gasteiger charge is -2.22. The van der Waals surface area contributed by atoms with Crippen molar-refractivity contribution in [1.29, 1.82) is 0 Å². The number of esters is 2. The molecule has 4 atom stereocenters. The van der Waals surface area contributed by atoms with Crippen LogP contribution in [0.4, 0.5) is 8.78 Å². The molecule has 0 aromatic heterocycles. The molecule has 0 amide bonds. The SMILES string of the molecule is CCCC(OCC1CO1)Oc1ccc(C(=O)Oc2ccc3c(c2)C(C)(C)c2cc(OC(=O)c4ccc(OC(CCC)OCC5CO5)cc4F)ccc2-3)c(F)c1. The second kappa shape index (κ2) is 16.5. The second-order valence-corrected chi connectivity index (χ2v) is 14.4. The van der Waals surface area contributed by atoms with Crippen molar-refractivity contribution in [2.45, 2.75) is 83.6 Å². The van der Waals surface area contributed by atoms with Crippen LogP contribution in [0.2, 0.25) is 0 Å². The highest BCUT2D eigenvalue weighted by Gasteiger charge is 2.37. The molecule has 12 heteroatoms. The molecule has 0 spiro atoms. The molecule has 2 heterocycles. The maximum absolute atomic E-state index is 15.2. The van der Waals surface area contributed by atoms with Crippen LogP contribution in [-0.4, -0.2) is 63.2 Å². The van der Waals surface area contributed by atoms with E-state index in [1.807, 2.05) is 39.8 Å². The van der Waals surface area contributed by atoms with Gasteiger partial charge < -0.3 is 37.9 Å². The van der Waals surface area contributed by atoms with E-state index in [2.05, 4.69) is 0 Å². The predicted octanol–water partition coefficient (Wildman–Crippen LogP) is 8.55. The number of halogens is 2. The molecule has 2 aliphatic heterocycles. The number of ether oxygens (including phenoxy) is 8. The third-order valence-corrected chi connectivity index (χ3v) is 9.69. The van der Waals surface area contributed by atoms with Crippen LogP contribution in [0, 0.1) is 11.6 Å². The van der Waals surface area contributed by atoms with Gasteiger partial charge in [0, 0.05) is 30.4 Å². The van der Waals surface area contributed by atoms with Crippen LogP contribution in [-0.2, 0) is 24.4 Å². The Balaban J connectivity index is 0.994. The molecule has 0 saturated carbocycles. The van der Waals surface area contributed by atoms with Crippen molar-refractivity contribution in [2.24, 2.45) is 0 Å². The van der Waals surface area contributed by atoms with Gasteiger partial charge in [-0.05, 0) is 70.8 Å². The van der Waals surface area contributed by atoms with Crippen molar-refractivity contribution in [3.8, 4) is 34.1 Å². The molecule has 1 aliphatic carbocycles. The molecule has 10 nitrogen and oxygen atoms in total. The van der Waals surface area contributed by atoms with Crippen LogP contribution in [0.1, 0.15) is 85.2 Å². The van der Waals surface area contributed by atoms with E-state index >= 15 is 8.78 Å². The van der Waals surface area contributed by atoms with Gasteiger partial charge in [-0.1, -0.05) is 52.7 Å². The minimum atomic E-state index is -0.858. The van der Waals surface area contributed by atoms with E-state index in [4.69, 9.17) is 37.9 Å². The molecular formula is C43H44F2O10. The van der Waals surface area contributed by atoms with E-state index in [-0.39, 0.29) is 46.3 Å².